The van der Waals surface area contributed by atoms with Crippen molar-refractivity contribution in [1.82, 2.24) is 14.7 Å². The first-order valence-electron chi connectivity index (χ1n) is 5.57. The van der Waals surface area contributed by atoms with Gasteiger partial charge in [0.25, 0.3) is 0 Å². The third kappa shape index (κ3) is 3.28. The minimum absolute atomic E-state index is 0.00525. The summed E-state index contributed by atoms with van der Waals surface area (Å²) >= 11 is 0. The second-order valence-corrected chi connectivity index (χ2v) is 5.68. The molecule has 102 valence electrons. The maximum atomic E-state index is 12.0. The summed E-state index contributed by atoms with van der Waals surface area (Å²) in [6, 6.07) is 8.66. The van der Waals surface area contributed by atoms with Crippen LogP contribution in [-0.2, 0) is 16.6 Å². The minimum Gasteiger partial charge on any atom is -0.368 e. The molecule has 0 radical (unpaired) electrons. The number of nitrogens with one attached hydrogen (secondary N) is 1. The van der Waals surface area contributed by atoms with Gasteiger partial charge < -0.3 is 5.73 Å². The number of nitrogens with two attached hydrogens (primary N) is 1. The average molecular weight is 289 g/mol. The minimum atomic E-state index is -3.71. The van der Waals surface area contributed by atoms with Gasteiger partial charge in [-0.3, -0.25) is 0 Å². The van der Waals surface area contributed by atoms with E-state index in [4.69, 9.17) is 11.0 Å². The summed E-state index contributed by atoms with van der Waals surface area (Å²) < 4.78 is 26.4. The highest BCUT2D eigenvalue weighted by Crippen LogP contribution is 2.08. The van der Waals surface area contributed by atoms with Gasteiger partial charge in [-0.2, -0.15) is 5.26 Å². The molecule has 2 aromatic rings. The molecular weight excluding hydrogens is 278 g/mol. The molecule has 0 aliphatic carbocycles. The van der Waals surface area contributed by atoms with Crippen LogP contribution in [0.4, 0.5) is 5.95 Å². The monoisotopic (exact) mass is 289 g/mol. The lowest BCUT2D eigenvalue weighted by atomic mass is 10.1. The summed E-state index contributed by atoms with van der Waals surface area (Å²) in [5, 5.41) is 8.78. The molecule has 0 unspecified atom stereocenters. The van der Waals surface area contributed by atoms with Crippen LogP contribution in [0.2, 0.25) is 0 Å². The third-order valence-electron chi connectivity index (χ3n) is 2.48. The van der Waals surface area contributed by atoms with Crippen LogP contribution in [0.25, 0.3) is 0 Å². The number of benzene rings is 1. The molecule has 0 aliphatic rings. The van der Waals surface area contributed by atoms with E-state index >= 15 is 0 Å². The van der Waals surface area contributed by atoms with E-state index in [2.05, 4.69) is 14.7 Å². The Kier molecular flexibility index (Phi) is 3.93. The van der Waals surface area contributed by atoms with Crippen LogP contribution in [0.5, 0.6) is 0 Å². The number of anilines is 1. The van der Waals surface area contributed by atoms with Crippen LogP contribution in [0.3, 0.4) is 0 Å². The average Bonchev–Trinajstić information content (AvgIpc) is 2.46. The van der Waals surface area contributed by atoms with Crippen LogP contribution in [0.15, 0.2) is 41.6 Å². The van der Waals surface area contributed by atoms with Crippen molar-refractivity contribution in [1.29, 1.82) is 5.26 Å². The zero-order chi connectivity index (χ0) is 14.6. The number of hydrogen-bond acceptors (Lipinski definition) is 6. The lowest BCUT2D eigenvalue weighted by Gasteiger charge is -2.06. The molecule has 0 bridgehead atoms. The predicted octanol–water partition coefficient (Wildman–Crippen LogP) is 0.409. The molecule has 0 spiro atoms. The summed E-state index contributed by atoms with van der Waals surface area (Å²) in [5.74, 6) is 0.00525. The summed E-state index contributed by atoms with van der Waals surface area (Å²) in [6.45, 7) is 0.0717. The molecule has 0 fully saturated rings. The first kappa shape index (κ1) is 13.9. The van der Waals surface area contributed by atoms with Gasteiger partial charge in [-0.25, -0.2) is 23.1 Å². The largest absolute Gasteiger partial charge is 0.368 e. The maximum Gasteiger partial charge on any atom is 0.243 e. The molecule has 0 saturated carbocycles. The van der Waals surface area contributed by atoms with Gasteiger partial charge in [0.05, 0.1) is 24.0 Å². The fourth-order valence-corrected chi connectivity index (χ4v) is 2.38. The van der Waals surface area contributed by atoms with Gasteiger partial charge in [0.15, 0.2) is 0 Å². The van der Waals surface area contributed by atoms with Crippen LogP contribution in [0, 0.1) is 11.3 Å². The van der Waals surface area contributed by atoms with E-state index in [0.29, 0.717) is 11.1 Å². The molecule has 1 aromatic carbocycles. The number of nitrogens with zero attached hydrogens (tertiary/aromatic N) is 3. The van der Waals surface area contributed by atoms with E-state index in [0.717, 1.165) is 12.4 Å². The van der Waals surface area contributed by atoms with Gasteiger partial charge in [-0.1, -0.05) is 12.1 Å². The number of aromatic nitrogens is 2. The van der Waals surface area contributed by atoms with Crippen molar-refractivity contribution in [3.63, 3.8) is 0 Å². The SMILES string of the molecule is N#Cc1cccc(CNS(=O)(=O)c2cnc(N)nc2)c1. The number of nitrogen functional groups attached to an aromatic ring is 1. The lowest BCUT2D eigenvalue weighted by Crippen LogP contribution is -2.23. The fourth-order valence-electron chi connectivity index (χ4n) is 1.48. The summed E-state index contributed by atoms with van der Waals surface area (Å²) in [4.78, 5) is 7.20. The van der Waals surface area contributed by atoms with Gasteiger partial charge in [0, 0.05) is 6.54 Å². The molecule has 2 rings (SSSR count). The van der Waals surface area contributed by atoms with Gasteiger partial charge in [0.1, 0.15) is 4.90 Å². The van der Waals surface area contributed by atoms with Crippen molar-refractivity contribution in [3.05, 3.63) is 47.8 Å². The van der Waals surface area contributed by atoms with Gasteiger partial charge >= 0.3 is 0 Å². The predicted molar refractivity (Wildman–Crippen MR) is 71.6 cm³/mol. The zero-order valence-electron chi connectivity index (χ0n) is 10.3. The molecule has 1 aromatic heterocycles. The second kappa shape index (κ2) is 5.64. The van der Waals surface area contributed by atoms with Crippen molar-refractivity contribution in [3.8, 4) is 6.07 Å². The Morgan fingerprint density at radius 2 is 2.00 bits per heavy atom. The van der Waals surface area contributed by atoms with E-state index in [1.54, 1.807) is 24.3 Å². The summed E-state index contributed by atoms with van der Waals surface area (Å²) in [7, 11) is -3.71. The highest BCUT2D eigenvalue weighted by molar-refractivity contribution is 7.89. The Labute approximate surface area is 116 Å². The third-order valence-corrected chi connectivity index (χ3v) is 3.84. The zero-order valence-corrected chi connectivity index (χ0v) is 11.1. The Morgan fingerprint density at radius 1 is 1.30 bits per heavy atom. The number of rotatable bonds is 4. The van der Waals surface area contributed by atoms with E-state index in [9.17, 15) is 8.42 Å². The lowest BCUT2D eigenvalue weighted by molar-refractivity contribution is 0.580. The Hall–Kier alpha value is -2.50. The molecular formula is C12H11N5O2S. The topological polar surface area (TPSA) is 122 Å². The first-order chi connectivity index (χ1) is 9.51. The standard InChI is InChI=1S/C12H11N5O2S/c13-5-9-2-1-3-10(4-9)6-17-20(18,19)11-7-15-12(14)16-8-11/h1-4,7-8,17H,6H2,(H2,14,15,16). The molecule has 8 heteroatoms. The van der Waals surface area contributed by atoms with E-state index in [1.165, 1.54) is 0 Å². The number of nitriles is 1. The first-order valence-corrected chi connectivity index (χ1v) is 7.06. The van der Waals surface area contributed by atoms with E-state index in [-0.39, 0.29) is 17.4 Å². The smallest absolute Gasteiger partial charge is 0.243 e. The molecule has 0 amide bonds. The highest BCUT2D eigenvalue weighted by Gasteiger charge is 2.14. The van der Waals surface area contributed by atoms with Crippen molar-refractivity contribution in [2.24, 2.45) is 0 Å². The molecule has 0 atom stereocenters. The quantitative estimate of drug-likeness (QED) is 0.840. The molecule has 7 nitrogen and oxygen atoms in total. The normalized spacial score (nSPS) is 10.9. The van der Waals surface area contributed by atoms with Crippen molar-refractivity contribution >= 4 is 16.0 Å². The summed E-state index contributed by atoms with van der Waals surface area (Å²) in [6.07, 6.45) is 2.27. The number of hydrogen-bond donors (Lipinski definition) is 2. The fraction of sp³-hybridized carbons (Fsp3) is 0.0833. The highest BCUT2D eigenvalue weighted by atomic mass is 32.2. The van der Waals surface area contributed by atoms with Crippen LogP contribution < -0.4 is 10.5 Å². The van der Waals surface area contributed by atoms with Crippen molar-refractivity contribution in [2.45, 2.75) is 11.4 Å². The number of sulfonamides is 1. The van der Waals surface area contributed by atoms with Gasteiger partial charge in [0.2, 0.25) is 16.0 Å². The van der Waals surface area contributed by atoms with Crippen LogP contribution >= 0.6 is 0 Å². The van der Waals surface area contributed by atoms with Crippen molar-refractivity contribution < 1.29 is 8.42 Å². The molecule has 1 heterocycles. The maximum absolute atomic E-state index is 12.0. The second-order valence-electron chi connectivity index (χ2n) is 3.91. The molecule has 20 heavy (non-hydrogen) atoms. The van der Waals surface area contributed by atoms with Gasteiger partial charge in [-0.05, 0) is 17.7 Å². The van der Waals surface area contributed by atoms with E-state index in [1.807, 2.05) is 6.07 Å². The Balaban J connectivity index is 2.13. The van der Waals surface area contributed by atoms with Crippen molar-refractivity contribution in [2.75, 3.05) is 5.73 Å². The molecule has 0 aliphatic heterocycles. The molecule has 3 N–H and O–H groups in total. The van der Waals surface area contributed by atoms with Crippen LogP contribution in [-0.4, -0.2) is 18.4 Å². The van der Waals surface area contributed by atoms with Gasteiger partial charge in [-0.15, -0.1) is 0 Å². The Morgan fingerprint density at radius 3 is 2.65 bits per heavy atom. The van der Waals surface area contributed by atoms with E-state index < -0.39 is 10.0 Å². The van der Waals surface area contributed by atoms with Crippen LogP contribution in [0.1, 0.15) is 11.1 Å². The Bertz CT molecular complexity index is 750. The molecule has 0 saturated heterocycles. The summed E-state index contributed by atoms with van der Waals surface area (Å²) in [5.41, 5.74) is 6.45.